The highest BCUT2D eigenvalue weighted by atomic mass is 16.5. The summed E-state index contributed by atoms with van der Waals surface area (Å²) in [6.07, 6.45) is 0.108. The third-order valence-electron chi connectivity index (χ3n) is 3.45. The number of hydrogen-bond acceptors (Lipinski definition) is 4. The lowest BCUT2D eigenvalue weighted by molar-refractivity contribution is -0.123. The summed E-state index contributed by atoms with van der Waals surface area (Å²) in [5.74, 6) is -1.60. The van der Waals surface area contributed by atoms with E-state index < -0.39 is 17.8 Å². The molecule has 0 aromatic heterocycles. The van der Waals surface area contributed by atoms with E-state index in [0.717, 1.165) is 5.56 Å². The Balaban J connectivity index is 2.35. The van der Waals surface area contributed by atoms with Gasteiger partial charge in [-0.1, -0.05) is 6.07 Å². The Morgan fingerprint density at radius 2 is 2.10 bits per heavy atom. The van der Waals surface area contributed by atoms with Gasteiger partial charge in [-0.15, -0.1) is 0 Å². The number of benzene rings is 1. The molecule has 0 spiro atoms. The summed E-state index contributed by atoms with van der Waals surface area (Å²) in [4.78, 5) is 36.2. The average molecular weight is 276 g/mol. The van der Waals surface area contributed by atoms with Crippen molar-refractivity contribution >= 4 is 23.5 Å². The first-order valence-corrected chi connectivity index (χ1v) is 6.22. The number of carbonyl (C=O) groups is 3. The van der Waals surface area contributed by atoms with Gasteiger partial charge < -0.3 is 15.4 Å². The van der Waals surface area contributed by atoms with E-state index in [1.807, 2.05) is 6.92 Å². The Kier molecular flexibility index (Phi) is 3.74. The number of rotatable bonds is 3. The van der Waals surface area contributed by atoms with Crippen molar-refractivity contribution in [2.45, 2.75) is 13.3 Å². The van der Waals surface area contributed by atoms with Gasteiger partial charge in [0.1, 0.15) is 0 Å². The molecule has 0 radical (unpaired) electrons. The van der Waals surface area contributed by atoms with Gasteiger partial charge >= 0.3 is 5.97 Å². The quantitative estimate of drug-likeness (QED) is 0.819. The summed E-state index contributed by atoms with van der Waals surface area (Å²) in [5.41, 5.74) is 7.07. The fraction of sp³-hybridized carbons (Fsp3) is 0.357. The second kappa shape index (κ2) is 5.32. The van der Waals surface area contributed by atoms with Crippen molar-refractivity contribution in [1.29, 1.82) is 0 Å². The van der Waals surface area contributed by atoms with Crippen LogP contribution in [0.15, 0.2) is 18.2 Å². The standard InChI is InChI=1S/C14H16N2O4/c1-8-3-4-9(14(19)20-2)5-11(8)16-7-10(13(15)18)6-12(16)17/h3-5,10H,6-7H2,1-2H3,(H2,15,18). The monoisotopic (exact) mass is 276 g/mol. The molecule has 6 heteroatoms. The van der Waals surface area contributed by atoms with Gasteiger partial charge in [-0.2, -0.15) is 0 Å². The van der Waals surface area contributed by atoms with E-state index in [0.29, 0.717) is 11.3 Å². The molecule has 6 nitrogen and oxygen atoms in total. The topological polar surface area (TPSA) is 89.7 Å². The maximum Gasteiger partial charge on any atom is 0.337 e. The van der Waals surface area contributed by atoms with E-state index in [-0.39, 0.29) is 18.9 Å². The van der Waals surface area contributed by atoms with Crippen LogP contribution in [0.5, 0.6) is 0 Å². The lowest BCUT2D eigenvalue weighted by Crippen LogP contribution is -2.29. The number of nitrogens with zero attached hydrogens (tertiary/aromatic N) is 1. The van der Waals surface area contributed by atoms with E-state index in [4.69, 9.17) is 5.73 Å². The van der Waals surface area contributed by atoms with E-state index >= 15 is 0 Å². The Morgan fingerprint density at radius 1 is 1.40 bits per heavy atom. The largest absolute Gasteiger partial charge is 0.465 e. The third-order valence-corrected chi connectivity index (χ3v) is 3.45. The van der Waals surface area contributed by atoms with Gasteiger partial charge in [0, 0.05) is 18.7 Å². The molecule has 2 N–H and O–H groups in total. The number of amides is 2. The van der Waals surface area contributed by atoms with Gasteiger partial charge in [0.25, 0.3) is 0 Å². The number of ether oxygens (including phenoxy) is 1. The number of carbonyl (C=O) groups excluding carboxylic acids is 3. The molecular formula is C14H16N2O4. The minimum absolute atomic E-state index is 0.108. The molecular weight excluding hydrogens is 260 g/mol. The van der Waals surface area contributed by atoms with Crippen LogP contribution < -0.4 is 10.6 Å². The van der Waals surface area contributed by atoms with Crippen LogP contribution in [0, 0.1) is 12.8 Å². The summed E-state index contributed by atoms with van der Waals surface area (Å²) in [6, 6.07) is 4.98. The number of aryl methyl sites for hydroxylation is 1. The Bertz CT molecular complexity index is 583. The van der Waals surface area contributed by atoms with Crippen LogP contribution in [0.1, 0.15) is 22.3 Å². The number of hydrogen-bond donors (Lipinski definition) is 1. The first kappa shape index (κ1) is 14.0. The molecule has 1 aromatic carbocycles. The highest BCUT2D eigenvalue weighted by molar-refractivity contribution is 6.01. The van der Waals surface area contributed by atoms with Crippen LogP contribution in [0.25, 0.3) is 0 Å². The zero-order valence-corrected chi connectivity index (χ0v) is 11.4. The molecule has 1 atom stereocenters. The smallest absolute Gasteiger partial charge is 0.337 e. The summed E-state index contributed by atoms with van der Waals surface area (Å²) < 4.78 is 4.66. The van der Waals surface area contributed by atoms with E-state index in [2.05, 4.69) is 4.74 Å². The van der Waals surface area contributed by atoms with Crippen molar-refractivity contribution in [2.75, 3.05) is 18.6 Å². The van der Waals surface area contributed by atoms with Crippen LogP contribution in [0.3, 0.4) is 0 Å². The van der Waals surface area contributed by atoms with Crippen LogP contribution in [-0.4, -0.2) is 31.4 Å². The predicted molar refractivity (Wildman–Crippen MR) is 72.2 cm³/mol. The number of nitrogens with two attached hydrogens (primary N) is 1. The Hall–Kier alpha value is -2.37. The maximum absolute atomic E-state index is 12.0. The van der Waals surface area contributed by atoms with Crippen LogP contribution in [0.2, 0.25) is 0 Å². The van der Waals surface area contributed by atoms with Gasteiger partial charge in [0.15, 0.2) is 0 Å². The number of anilines is 1. The fourth-order valence-electron chi connectivity index (χ4n) is 2.28. The molecule has 1 fully saturated rings. The first-order chi connectivity index (χ1) is 9.43. The highest BCUT2D eigenvalue weighted by Crippen LogP contribution is 2.28. The molecule has 2 rings (SSSR count). The summed E-state index contributed by atoms with van der Waals surface area (Å²) in [5, 5.41) is 0. The molecule has 2 amide bonds. The van der Waals surface area contributed by atoms with Crippen molar-refractivity contribution in [2.24, 2.45) is 11.7 Å². The van der Waals surface area contributed by atoms with Crippen molar-refractivity contribution in [3.8, 4) is 0 Å². The number of primary amides is 1. The van der Waals surface area contributed by atoms with Crippen molar-refractivity contribution in [3.63, 3.8) is 0 Å². The van der Waals surface area contributed by atoms with Gasteiger partial charge in [-0.3, -0.25) is 9.59 Å². The van der Waals surface area contributed by atoms with E-state index in [1.165, 1.54) is 12.0 Å². The van der Waals surface area contributed by atoms with Gasteiger partial charge in [0.05, 0.1) is 18.6 Å². The van der Waals surface area contributed by atoms with Crippen LogP contribution >= 0.6 is 0 Å². The van der Waals surface area contributed by atoms with Gasteiger partial charge in [0.2, 0.25) is 11.8 Å². The summed E-state index contributed by atoms with van der Waals surface area (Å²) >= 11 is 0. The zero-order valence-electron chi connectivity index (χ0n) is 11.4. The van der Waals surface area contributed by atoms with Gasteiger partial charge in [-0.25, -0.2) is 4.79 Å². The minimum atomic E-state index is -0.484. The molecule has 1 aliphatic heterocycles. The average Bonchev–Trinajstić information content (AvgIpc) is 2.80. The molecule has 1 heterocycles. The zero-order chi connectivity index (χ0) is 14.9. The highest BCUT2D eigenvalue weighted by Gasteiger charge is 2.34. The van der Waals surface area contributed by atoms with Crippen LogP contribution in [-0.2, 0) is 14.3 Å². The lowest BCUT2D eigenvalue weighted by Gasteiger charge is -2.19. The van der Waals surface area contributed by atoms with Crippen LogP contribution in [0.4, 0.5) is 5.69 Å². The van der Waals surface area contributed by atoms with Gasteiger partial charge in [-0.05, 0) is 24.6 Å². The SMILES string of the molecule is COC(=O)c1ccc(C)c(N2CC(C(N)=O)CC2=O)c1. The van der Waals surface area contributed by atoms with Crippen molar-refractivity contribution in [3.05, 3.63) is 29.3 Å². The number of methoxy groups -OCH3 is 1. The Labute approximate surface area is 116 Å². The summed E-state index contributed by atoms with van der Waals surface area (Å²) in [7, 11) is 1.30. The first-order valence-electron chi connectivity index (χ1n) is 6.22. The lowest BCUT2D eigenvalue weighted by atomic mass is 10.1. The molecule has 20 heavy (non-hydrogen) atoms. The van der Waals surface area contributed by atoms with E-state index in [1.54, 1.807) is 18.2 Å². The molecule has 0 saturated carbocycles. The van der Waals surface area contributed by atoms with Crippen molar-refractivity contribution in [1.82, 2.24) is 0 Å². The maximum atomic E-state index is 12.0. The minimum Gasteiger partial charge on any atom is -0.465 e. The fourth-order valence-corrected chi connectivity index (χ4v) is 2.28. The molecule has 106 valence electrons. The Morgan fingerprint density at radius 3 is 2.65 bits per heavy atom. The molecule has 1 unspecified atom stereocenters. The summed E-state index contributed by atoms with van der Waals surface area (Å²) in [6.45, 7) is 2.08. The second-order valence-corrected chi connectivity index (χ2v) is 4.80. The molecule has 0 bridgehead atoms. The second-order valence-electron chi connectivity index (χ2n) is 4.80. The molecule has 1 aromatic rings. The molecule has 1 saturated heterocycles. The van der Waals surface area contributed by atoms with Crippen molar-refractivity contribution < 1.29 is 19.1 Å². The molecule has 0 aliphatic carbocycles. The van der Waals surface area contributed by atoms with E-state index in [9.17, 15) is 14.4 Å². The third kappa shape index (κ3) is 2.49. The predicted octanol–water partition coefficient (Wildman–Crippen LogP) is 0.620. The normalized spacial score (nSPS) is 18.2. The number of esters is 1. The molecule has 1 aliphatic rings.